The fraction of sp³-hybridized carbons (Fsp3) is 0.645. The number of hydrogen-bond donors (Lipinski definition) is 4. The van der Waals surface area contributed by atoms with Crippen molar-refractivity contribution in [1.29, 1.82) is 0 Å². The van der Waals surface area contributed by atoms with Gasteiger partial charge in [-0.05, 0) is 51.0 Å². The van der Waals surface area contributed by atoms with E-state index in [1.165, 1.54) is 6.92 Å². The number of aliphatic hydroxyl groups is 1. The van der Waals surface area contributed by atoms with Crippen LogP contribution in [0.4, 0.5) is 0 Å². The lowest BCUT2D eigenvalue weighted by Crippen LogP contribution is -2.67. The van der Waals surface area contributed by atoms with Gasteiger partial charge in [-0.25, -0.2) is 0 Å². The van der Waals surface area contributed by atoms with E-state index in [0.29, 0.717) is 64.3 Å². The van der Waals surface area contributed by atoms with E-state index in [-0.39, 0.29) is 29.9 Å². The van der Waals surface area contributed by atoms with Crippen LogP contribution in [-0.4, -0.2) is 75.7 Å². The van der Waals surface area contributed by atoms with Crippen LogP contribution in [0.3, 0.4) is 0 Å². The Morgan fingerprint density at radius 3 is 2.39 bits per heavy atom. The molecule has 1 saturated carbocycles. The van der Waals surface area contributed by atoms with Gasteiger partial charge in [-0.3, -0.25) is 24.0 Å². The van der Waals surface area contributed by atoms with Crippen LogP contribution in [0.2, 0.25) is 0 Å². The number of hydrogen-bond acceptors (Lipinski definition) is 6. The first-order valence-electron chi connectivity index (χ1n) is 15.2. The van der Waals surface area contributed by atoms with Crippen molar-refractivity contribution in [2.45, 2.75) is 120 Å². The molecule has 1 aromatic carbocycles. The number of benzene rings is 1. The van der Waals surface area contributed by atoms with E-state index in [2.05, 4.69) is 16.0 Å². The second-order valence-electron chi connectivity index (χ2n) is 11.8. The monoisotopic (exact) mass is 568 g/mol. The Hall–Kier alpha value is -3.27. The molecule has 3 aliphatic rings. The molecule has 4 N–H and O–H groups in total. The zero-order valence-corrected chi connectivity index (χ0v) is 24.0. The molecular formula is C31H44N4O6. The maximum Gasteiger partial charge on any atom is 0.246 e. The highest BCUT2D eigenvalue weighted by Gasteiger charge is 2.46. The predicted molar refractivity (Wildman–Crippen MR) is 152 cm³/mol. The predicted octanol–water partition coefficient (Wildman–Crippen LogP) is 1.92. The molecule has 4 rings (SSSR count). The molecular weight excluding hydrogens is 524 g/mol. The van der Waals surface area contributed by atoms with Crippen LogP contribution in [0.5, 0.6) is 0 Å². The summed E-state index contributed by atoms with van der Waals surface area (Å²) in [4.78, 5) is 68.4. The average Bonchev–Trinajstić information content (AvgIpc) is 3.46. The van der Waals surface area contributed by atoms with Crippen molar-refractivity contribution in [2.24, 2.45) is 0 Å². The summed E-state index contributed by atoms with van der Waals surface area (Å²) in [6.45, 7) is 1.86. The molecule has 10 nitrogen and oxygen atoms in total. The smallest absolute Gasteiger partial charge is 0.246 e. The van der Waals surface area contributed by atoms with E-state index >= 15 is 0 Å². The summed E-state index contributed by atoms with van der Waals surface area (Å²) in [6, 6.07) is 7.06. The number of unbranched alkanes of at least 4 members (excludes halogenated alkanes) is 2. The van der Waals surface area contributed by atoms with E-state index in [0.717, 1.165) is 24.8 Å². The van der Waals surface area contributed by atoms with E-state index in [1.54, 1.807) is 4.90 Å². The highest BCUT2D eigenvalue weighted by molar-refractivity contribution is 5.99. The molecule has 3 fully saturated rings. The molecule has 1 spiro atoms. The number of amides is 4. The number of Topliss-reactive ketones (excluding diaryl/α,β-unsaturated/α-hetero) is 1. The Kier molecular flexibility index (Phi) is 10.5. The van der Waals surface area contributed by atoms with Gasteiger partial charge in [0.15, 0.2) is 5.78 Å². The quantitative estimate of drug-likeness (QED) is 0.335. The summed E-state index contributed by atoms with van der Waals surface area (Å²) in [7, 11) is 0. The molecule has 0 aromatic heterocycles. The minimum absolute atomic E-state index is 0.219. The van der Waals surface area contributed by atoms with Gasteiger partial charge >= 0.3 is 0 Å². The summed E-state index contributed by atoms with van der Waals surface area (Å²) in [5.74, 6) is -1.60. The highest BCUT2D eigenvalue weighted by Crippen LogP contribution is 2.30. The number of carbonyl (C=O) groups excluding carboxylic acids is 5. The van der Waals surface area contributed by atoms with Crippen molar-refractivity contribution in [1.82, 2.24) is 20.9 Å². The first-order chi connectivity index (χ1) is 19.7. The number of rotatable bonds is 9. The summed E-state index contributed by atoms with van der Waals surface area (Å²) < 4.78 is 0. The lowest BCUT2D eigenvalue weighted by molar-refractivity contribution is -0.145. The van der Waals surface area contributed by atoms with E-state index in [1.807, 2.05) is 30.3 Å². The van der Waals surface area contributed by atoms with E-state index < -0.39 is 35.7 Å². The number of ketones is 1. The van der Waals surface area contributed by atoms with E-state index in [4.69, 9.17) is 0 Å². The zero-order chi connectivity index (χ0) is 29.4. The van der Waals surface area contributed by atoms with Gasteiger partial charge in [0.25, 0.3) is 0 Å². The number of carbonyl (C=O) groups is 5. The maximum atomic E-state index is 13.9. The number of nitrogens with one attached hydrogen (secondary N) is 3. The third-order valence-corrected chi connectivity index (χ3v) is 8.74. The van der Waals surface area contributed by atoms with Gasteiger partial charge in [0.2, 0.25) is 23.6 Å². The Balaban J connectivity index is 1.57. The van der Waals surface area contributed by atoms with Gasteiger partial charge in [-0.2, -0.15) is 0 Å². The third kappa shape index (κ3) is 7.72. The fourth-order valence-electron chi connectivity index (χ4n) is 6.31. The first-order valence-corrected chi connectivity index (χ1v) is 15.2. The Labute approximate surface area is 242 Å². The van der Waals surface area contributed by atoms with Crippen LogP contribution in [0.15, 0.2) is 30.3 Å². The van der Waals surface area contributed by atoms with Gasteiger partial charge in [0, 0.05) is 19.4 Å². The molecule has 2 saturated heterocycles. The molecule has 4 amide bonds. The van der Waals surface area contributed by atoms with Gasteiger partial charge in [0.05, 0.1) is 0 Å². The zero-order valence-electron chi connectivity index (χ0n) is 24.0. The number of nitrogens with zero attached hydrogens (tertiary/aromatic N) is 1. The summed E-state index contributed by atoms with van der Waals surface area (Å²) in [5.41, 5.74) is -0.253. The van der Waals surface area contributed by atoms with Crippen LogP contribution in [0.25, 0.3) is 0 Å². The molecule has 2 aliphatic heterocycles. The van der Waals surface area contributed by atoms with Crippen molar-refractivity contribution >= 4 is 29.4 Å². The molecule has 0 bridgehead atoms. The molecule has 1 aromatic rings. The number of fused-ring (bicyclic) bond motifs is 1. The van der Waals surface area contributed by atoms with Crippen molar-refractivity contribution in [3.05, 3.63) is 35.9 Å². The van der Waals surface area contributed by atoms with Crippen LogP contribution in [-0.2, 0) is 30.4 Å². The molecule has 10 heteroatoms. The maximum absolute atomic E-state index is 13.9. The van der Waals surface area contributed by atoms with Crippen LogP contribution < -0.4 is 16.0 Å². The van der Waals surface area contributed by atoms with Gasteiger partial charge in [0.1, 0.15) is 29.8 Å². The molecule has 2 heterocycles. The van der Waals surface area contributed by atoms with Crippen molar-refractivity contribution < 1.29 is 29.1 Å². The lowest BCUT2D eigenvalue weighted by atomic mass is 9.80. The summed E-state index contributed by atoms with van der Waals surface area (Å²) in [6.07, 6.45) is 6.28. The lowest BCUT2D eigenvalue weighted by Gasteiger charge is -2.40. The van der Waals surface area contributed by atoms with Gasteiger partial charge in [-0.1, -0.05) is 62.4 Å². The topological polar surface area (TPSA) is 145 Å². The summed E-state index contributed by atoms with van der Waals surface area (Å²) in [5, 5.41) is 18.4. The van der Waals surface area contributed by atoms with Crippen LogP contribution in [0.1, 0.15) is 89.5 Å². The largest absolute Gasteiger partial charge is 0.386 e. The second kappa shape index (κ2) is 14.1. The van der Waals surface area contributed by atoms with Gasteiger partial charge < -0.3 is 26.0 Å². The van der Waals surface area contributed by atoms with Crippen LogP contribution in [0, 0.1) is 0 Å². The standard InChI is InChI=1S/C31H44N4O6/c1-21(36)26(37)16-8-3-7-14-23-27(38)34-31(17-9-4-10-18-31)30(41)33-24(20-22-12-5-2-6-13-22)29(40)35-19-11-15-25(35)28(39)32-23/h2,5-6,12-13,21,23-25,36H,3-4,7-11,14-20H2,1H3,(H,32,39)(H,33,41)(H,34,38)/t21-,23+,24+,25-/m1/s1. The fourth-order valence-corrected chi connectivity index (χ4v) is 6.31. The van der Waals surface area contributed by atoms with Crippen molar-refractivity contribution in [3.63, 3.8) is 0 Å². The van der Waals surface area contributed by atoms with Gasteiger partial charge in [-0.15, -0.1) is 0 Å². The Bertz CT molecular complexity index is 1100. The minimum atomic E-state index is -1.15. The first kappa shape index (κ1) is 30.7. The highest BCUT2D eigenvalue weighted by atomic mass is 16.3. The second-order valence-corrected chi connectivity index (χ2v) is 11.8. The normalized spacial score (nSPS) is 25.8. The third-order valence-electron chi connectivity index (χ3n) is 8.74. The summed E-state index contributed by atoms with van der Waals surface area (Å²) >= 11 is 0. The minimum Gasteiger partial charge on any atom is -0.386 e. The average molecular weight is 569 g/mol. The van der Waals surface area contributed by atoms with Crippen LogP contribution >= 0.6 is 0 Å². The molecule has 0 radical (unpaired) electrons. The Morgan fingerprint density at radius 1 is 0.951 bits per heavy atom. The molecule has 0 unspecified atom stereocenters. The van der Waals surface area contributed by atoms with Crippen molar-refractivity contribution in [3.8, 4) is 0 Å². The molecule has 1 aliphatic carbocycles. The Morgan fingerprint density at radius 2 is 1.68 bits per heavy atom. The van der Waals surface area contributed by atoms with Crippen molar-refractivity contribution in [2.75, 3.05) is 6.54 Å². The molecule has 4 atom stereocenters. The molecule has 224 valence electrons. The molecule has 41 heavy (non-hydrogen) atoms. The van der Waals surface area contributed by atoms with E-state index in [9.17, 15) is 29.1 Å². The SMILES string of the molecule is C[C@@H](O)C(=O)CCCCC[C@@H]1NC(=O)[C@H]2CCCN2C(=O)[C@H](Cc2ccccc2)NC(=O)C2(CCCCC2)NC1=O. The number of aliphatic hydroxyl groups excluding tert-OH is 1.